The van der Waals surface area contributed by atoms with Gasteiger partial charge in [0.25, 0.3) is 0 Å². The quantitative estimate of drug-likeness (QED) is 0.862. The highest BCUT2D eigenvalue weighted by Crippen LogP contribution is 2.29. The molecular weight excluding hydrogens is 278 g/mol. The SMILES string of the molecule is Cc1cc(N2CC3CCCNC3C2)ncc1Br. The Bertz CT molecular complexity index is 407. The number of nitrogens with zero attached hydrogens (tertiary/aromatic N) is 2. The van der Waals surface area contributed by atoms with E-state index in [0.717, 1.165) is 29.3 Å². The van der Waals surface area contributed by atoms with Gasteiger partial charge in [-0.05, 0) is 59.8 Å². The summed E-state index contributed by atoms with van der Waals surface area (Å²) >= 11 is 3.51. The Kier molecular flexibility index (Phi) is 3.09. The van der Waals surface area contributed by atoms with Crippen molar-refractivity contribution in [3.05, 3.63) is 22.3 Å². The van der Waals surface area contributed by atoms with Gasteiger partial charge in [-0.1, -0.05) is 0 Å². The van der Waals surface area contributed by atoms with Gasteiger partial charge < -0.3 is 10.2 Å². The lowest BCUT2D eigenvalue weighted by Crippen LogP contribution is -2.40. The summed E-state index contributed by atoms with van der Waals surface area (Å²) in [6.07, 6.45) is 4.60. The number of anilines is 1. The van der Waals surface area contributed by atoms with E-state index in [4.69, 9.17) is 0 Å². The average Bonchev–Trinajstić information content (AvgIpc) is 2.76. The zero-order valence-corrected chi connectivity index (χ0v) is 11.7. The van der Waals surface area contributed by atoms with E-state index in [9.17, 15) is 0 Å². The van der Waals surface area contributed by atoms with Crippen LogP contribution in [0.2, 0.25) is 0 Å². The molecular formula is C13H18BrN3. The molecule has 2 aliphatic rings. The van der Waals surface area contributed by atoms with Crippen molar-refractivity contribution >= 4 is 21.7 Å². The highest BCUT2D eigenvalue weighted by Gasteiger charge is 2.34. The Hall–Kier alpha value is -0.610. The van der Waals surface area contributed by atoms with E-state index in [1.165, 1.54) is 24.9 Å². The molecule has 2 saturated heterocycles. The van der Waals surface area contributed by atoms with Gasteiger partial charge in [0, 0.05) is 29.8 Å². The number of aromatic nitrogens is 1. The van der Waals surface area contributed by atoms with Crippen LogP contribution in [-0.2, 0) is 0 Å². The van der Waals surface area contributed by atoms with Gasteiger partial charge in [-0.2, -0.15) is 0 Å². The van der Waals surface area contributed by atoms with Crippen LogP contribution in [0.15, 0.2) is 16.7 Å². The number of fused-ring (bicyclic) bond motifs is 1. The normalized spacial score (nSPS) is 28.2. The van der Waals surface area contributed by atoms with Crippen molar-refractivity contribution in [2.45, 2.75) is 25.8 Å². The molecule has 0 saturated carbocycles. The van der Waals surface area contributed by atoms with Gasteiger partial charge in [-0.15, -0.1) is 0 Å². The van der Waals surface area contributed by atoms with Gasteiger partial charge in [0.1, 0.15) is 5.82 Å². The van der Waals surface area contributed by atoms with Gasteiger partial charge in [0.05, 0.1) is 0 Å². The van der Waals surface area contributed by atoms with E-state index < -0.39 is 0 Å². The maximum atomic E-state index is 4.53. The van der Waals surface area contributed by atoms with E-state index in [-0.39, 0.29) is 0 Å². The minimum absolute atomic E-state index is 0.675. The molecule has 17 heavy (non-hydrogen) atoms. The molecule has 4 heteroatoms. The monoisotopic (exact) mass is 295 g/mol. The number of rotatable bonds is 1. The molecule has 2 unspecified atom stereocenters. The topological polar surface area (TPSA) is 28.2 Å². The second-order valence-electron chi connectivity index (χ2n) is 5.16. The van der Waals surface area contributed by atoms with Crippen molar-refractivity contribution < 1.29 is 0 Å². The van der Waals surface area contributed by atoms with Crippen molar-refractivity contribution in [1.29, 1.82) is 0 Å². The molecule has 2 aliphatic heterocycles. The molecule has 0 spiro atoms. The smallest absolute Gasteiger partial charge is 0.128 e. The maximum absolute atomic E-state index is 4.53. The van der Waals surface area contributed by atoms with Crippen LogP contribution in [0.1, 0.15) is 18.4 Å². The van der Waals surface area contributed by atoms with Crippen LogP contribution in [0.5, 0.6) is 0 Å². The van der Waals surface area contributed by atoms with Gasteiger partial charge in [0.2, 0.25) is 0 Å². The molecule has 0 radical (unpaired) electrons. The number of halogens is 1. The van der Waals surface area contributed by atoms with E-state index in [1.807, 2.05) is 6.20 Å². The molecule has 1 aromatic heterocycles. The summed E-state index contributed by atoms with van der Waals surface area (Å²) in [6.45, 7) is 5.57. The van der Waals surface area contributed by atoms with Gasteiger partial charge in [-0.3, -0.25) is 0 Å². The number of piperidine rings is 1. The number of pyridine rings is 1. The first-order valence-electron chi connectivity index (χ1n) is 6.34. The number of hydrogen-bond donors (Lipinski definition) is 1. The summed E-state index contributed by atoms with van der Waals surface area (Å²) in [5.74, 6) is 1.94. The first-order chi connectivity index (χ1) is 8.24. The zero-order chi connectivity index (χ0) is 11.8. The van der Waals surface area contributed by atoms with Crippen LogP contribution in [0.4, 0.5) is 5.82 Å². The zero-order valence-electron chi connectivity index (χ0n) is 10.1. The maximum Gasteiger partial charge on any atom is 0.128 e. The first-order valence-corrected chi connectivity index (χ1v) is 7.14. The molecule has 1 N–H and O–H groups in total. The summed E-state index contributed by atoms with van der Waals surface area (Å²) in [5, 5.41) is 3.63. The standard InChI is InChI=1S/C13H18BrN3/c1-9-5-13(16-6-11(9)14)17-7-10-3-2-4-15-12(10)8-17/h5-6,10,12,15H,2-4,7-8H2,1H3. The van der Waals surface area contributed by atoms with E-state index in [1.54, 1.807) is 0 Å². The lowest BCUT2D eigenvalue weighted by atomic mass is 9.94. The third-order valence-corrected chi connectivity index (χ3v) is 4.79. The number of nitrogens with one attached hydrogen (secondary N) is 1. The molecule has 3 rings (SSSR count). The van der Waals surface area contributed by atoms with Crippen molar-refractivity contribution in [2.24, 2.45) is 5.92 Å². The molecule has 0 aromatic carbocycles. The summed E-state index contributed by atoms with van der Waals surface area (Å²) < 4.78 is 1.09. The molecule has 3 nitrogen and oxygen atoms in total. The van der Waals surface area contributed by atoms with Crippen LogP contribution in [-0.4, -0.2) is 30.7 Å². The van der Waals surface area contributed by atoms with Crippen molar-refractivity contribution in [3.63, 3.8) is 0 Å². The summed E-state index contributed by atoms with van der Waals surface area (Å²) in [4.78, 5) is 6.95. The lowest BCUT2D eigenvalue weighted by molar-refractivity contribution is 0.340. The highest BCUT2D eigenvalue weighted by molar-refractivity contribution is 9.10. The molecule has 92 valence electrons. The Balaban J connectivity index is 1.79. The fraction of sp³-hybridized carbons (Fsp3) is 0.615. The molecule has 1 aromatic rings. The minimum Gasteiger partial charge on any atom is -0.355 e. The predicted molar refractivity (Wildman–Crippen MR) is 73.4 cm³/mol. The molecule has 0 amide bonds. The highest BCUT2D eigenvalue weighted by atomic mass is 79.9. The Morgan fingerprint density at radius 2 is 2.35 bits per heavy atom. The van der Waals surface area contributed by atoms with Crippen LogP contribution in [0, 0.1) is 12.8 Å². The fourth-order valence-corrected chi connectivity index (χ4v) is 3.15. The van der Waals surface area contributed by atoms with Crippen molar-refractivity contribution in [1.82, 2.24) is 10.3 Å². The fourth-order valence-electron chi connectivity index (χ4n) is 2.93. The Labute approximate surface area is 111 Å². The van der Waals surface area contributed by atoms with Crippen molar-refractivity contribution in [2.75, 3.05) is 24.5 Å². The molecule has 2 atom stereocenters. The largest absolute Gasteiger partial charge is 0.355 e. The van der Waals surface area contributed by atoms with Gasteiger partial charge >= 0.3 is 0 Å². The number of aryl methyl sites for hydroxylation is 1. The second kappa shape index (κ2) is 4.58. The van der Waals surface area contributed by atoms with Crippen LogP contribution < -0.4 is 10.2 Å². The van der Waals surface area contributed by atoms with Crippen LogP contribution in [0.3, 0.4) is 0 Å². The molecule has 0 bridgehead atoms. The van der Waals surface area contributed by atoms with E-state index in [0.29, 0.717) is 6.04 Å². The second-order valence-corrected chi connectivity index (χ2v) is 6.01. The summed E-state index contributed by atoms with van der Waals surface area (Å²) in [6, 6.07) is 2.86. The average molecular weight is 296 g/mol. The van der Waals surface area contributed by atoms with Gasteiger partial charge in [0.15, 0.2) is 0 Å². The van der Waals surface area contributed by atoms with E-state index in [2.05, 4.69) is 44.1 Å². The first kappa shape index (κ1) is 11.5. The van der Waals surface area contributed by atoms with Crippen molar-refractivity contribution in [3.8, 4) is 0 Å². The molecule has 0 aliphatic carbocycles. The lowest BCUT2D eigenvalue weighted by Gasteiger charge is -2.24. The molecule has 3 heterocycles. The van der Waals surface area contributed by atoms with Crippen LogP contribution >= 0.6 is 15.9 Å². The van der Waals surface area contributed by atoms with Gasteiger partial charge in [-0.25, -0.2) is 4.98 Å². The third kappa shape index (κ3) is 2.20. The van der Waals surface area contributed by atoms with E-state index >= 15 is 0 Å². The third-order valence-electron chi connectivity index (χ3n) is 3.96. The Morgan fingerprint density at radius 3 is 3.12 bits per heavy atom. The minimum atomic E-state index is 0.675. The summed E-state index contributed by atoms with van der Waals surface area (Å²) in [5.41, 5.74) is 1.26. The molecule has 2 fully saturated rings. The van der Waals surface area contributed by atoms with Crippen LogP contribution in [0.25, 0.3) is 0 Å². The predicted octanol–water partition coefficient (Wildman–Crippen LogP) is 2.34. The number of hydrogen-bond acceptors (Lipinski definition) is 3. The summed E-state index contributed by atoms with van der Waals surface area (Å²) in [7, 11) is 0. The Morgan fingerprint density at radius 1 is 1.47 bits per heavy atom.